The van der Waals surface area contributed by atoms with Crippen molar-refractivity contribution in [2.75, 3.05) is 12.4 Å². The highest BCUT2D eigenvalue weighted by Crippen LogP contribution is 2.29. The molecule has 0 spiro atoms. The minimum atomic E-state index is -0.0779. The lowest BCUT2D eigenvalue weighted by Gasteiger charge is -1.99. The van der Waals surface area contributed by atoms with E-state index >= 15 is 0 Å². The fraction of sp³-hybridized carbons (Fsp3) is 0.200. The van der Waals surface area contributed by atoms with Crippen molar-refractivity contribution in [2.24, 2.45) is 0 Å². The number of nitrogens with one attached hydrogen (secondary N) is 1. The van der Waals surface area contributed by atoms with Crippen molar-refractivity contribution in [3.63, 3.8) is 0 Å². The summed E-state index contributed by atoms with van der Waals surface area (Å²) in [5.74, 6) is -0.0779. The monoisotopic (exact) mass is 222 g/mol. The Balaban J connectivity index is 2.41. The van der Waals surface area contributed by atoms with Gasteiger partial charge in [0.2, 0.25) is 5.91 Å². The Kier molecular flexibility index (Phi) is 2.55. The summed E-state index contributed by atoms with van der Waals surface area (Å²) in [6.07, 6.45) is 0. The fourth-order valence-electron chi connectivity index (χ4n) is 1.27. The van der Waals surface area contributed by atoms with Gasteiger partial charge in [-0.1, -0.05) is 11.3 Å². The molecule has 0 atom stereocenters. The van der Waals surface area contributed by atoms with Crippen LogP contribution < -0.4 is 10.1 Å². The van der Waals surface area contributed by atoms with Gasteiger partial charge in [0.15, 0.2) is 0 Å². The molecule has 15 heavy (non-hydrogen) atoms. The maximum atomic E-state index is 10.9. The number of aromatic nitrogens is 1. The number of hydrogen-bond acceptors (Lipinski definition) is 4. The summed E-state index contributed by atoms with van der Waals surface area (Å²) in [6.45, 7) is 1.48. The van der Waals surface area contributed by atoms with Gasteiger partial charge in [-0.15, -0.1) is 0 Å². The summed E-state index contributed by atoms with van der Waals surface area (Å²) in [6, 6.07) is 5.57. The number of rotatable bonds is 2. The molecule has 1 amide bonds. The third kappa shape index (κ3) is 2.07. The van der Waals surface area contributed by atoms with Gasteiger partial charge >= 0.3 is 0 Å². The van der Waals surface area contributed by atoms with Gasteiger partial charge in [0.1, 0.15) is 0 Å². The highest BCUT2D eigenvalue weighted by molar-refractivity contribution is 7.20. The van der Waals surface area contributed by atoms with E-state index in [2.05, 4.69) is 10.3 Å². The molecule has 0 saturated heterocycles. The van der Waals surface area contributed by atoms with Crippen LogP contribution in [-0.4, -0.2) is 18.0 Å². The van der Waals surface area contributed by atoms with Gasteiger partial charge in [0, 0.05) is 12.6 Å². The summed E-state index contributed by atoms with van der Waals surface area (Å²) in [7, 11) is 1.59. The summed E-state index contributed by atoms with van der Waals surface area (Å²) in [4.78, 5) is 15.1. The Morgan fingerprint density at radius 2 is 2.33 bits per heavy atom. The maximum absolute atomic E-state index is 10.9. The number of amides is 1. The van der Waals surface area contributed by atoms with E-state index < -0.39 is 0 Å². The van der Waals surface area contributed by atoms with E-state index in [0.717, 1.165) is 15.9 Å². The summed E-state index contributed by atoms with van der Waals surface area (Å²) in [5, 5.41) is 3.35. The van der Waals surface area contributed by atoms with Crippen molar-refractivity contribution < 1.29 is 9.53 Å². The van der Waals surface area contributed by atoms with Crippen LogP contribution in [0.4, 0.5) is 5.69 Å². The lowest BCUT2D eigenvalue weighted by molar-refractivity contribution is -0.114. The predicted molar refractivity (Wildman–Crippen MR) is 60.5 cm³/mol. The van der Waals surface area contributed by atoms with Crippen molar-refractivity contribution in [3.05, 3.63) is 18.2 Å². The van der Waals surface area contributed by atoms with E-state index in [4.69, 9.17) is 4.74 Å². The topological polar surface area (TPSA) is 51.2 Å². The van der Waals surface area contributed by atoms with Gasteiger partial charge in [-0.3, -0.25) is 4.79 Å². The molecule has 1 aromatic carbocycles. The minimum absolute atomic E-state index is 0.0779. The van der Waals surface area contributed by atoms with Crippen LogP contribution in [0.25, 0.3) is 10.2 Å². The van der Waals surface area contributed by atoms with Crippen LogP contribution in [0.3, 0.4) is 0 Å². The number of methoxy groups -OCH3 is 1. The molecule has 2 rings (SSSR count). The lowest BCUT2D eigenvalue weighted by atomic mass is 10.3. The normalized spacial score (nSPS) is 10.3. The molecule has 0 aliphatic heterocycles. The molecule has 0 fully saturated rings. The van der Waals surface area contributed by atoms with Gasteiger partial charge < -0.3 is 10.1 Å². The molecular weight excluding hydrogens is 212 g/mol. The van der Waals surface area contributed by atoms with Crippen LogP contribution in [0.5, 0.6) is 5.19 Å². The quantitative estimate of drug-likeness (QED) is 0.848. The second-order valence-corrected chi connectivity index (χ2v) is 4.04. The van der Waals surface area contributed by atoms with Crippen LogP contribution in [-0.2, 0) is 4.79 Å². The third-order valence-electron chi connectivity index (χ3n) is 1.86. The average molecular weight is 222 g/mol. The number of carbonyl (C=O) groups excluding carboxylic acids is 1. The number of fused-ring (bicyclic) bond motifs is 1. The minimum Gasteiger partial charge on any atom is -0.473 e. The zero-order valence-corrected chi connectivity index (χ0v) is 9.22. The number of nitrogens with zero attached hydrogens (tertiary/aromatic N) is 1. The van der Waals surface area contributed by atoms with Gasteiger partial charge in [0.05, 0.1) is 17.3 Å². The Labute approximate surface area is 90.9 Å². The number of hydrogen-bond donors (Lipinski definition) is 1. The number of carbonyl (C=O) groups is 1. The summed E-state index contributed by atoms with van der Waals surface area (Å²) < 4.78 is 6.04. The van der Waals surface area contributed by atoms with Crippen molar-refractivity contribution in [2.45, 2.75) is 6.92 Å². The second kappa shape index (κ2) is 3.86. The molecular formula is C10H10N2O2S. The van der Waals surface area contributed by atoms with Gasteiger partial charge in [-0.2, -0.15) is 0 Å². The van der Waals surface area contributed by atoms with Gasteiger partial charge in [-0.05, 0) is 18.2 Å². The zero-order chi connectivity index (χ0) is 10.8. The first kappa shape index (κ1) is 9.92. The van der Waals surface area contributed by atoms with E-state index in [9.17, 15) is 4.79 Å². The molecule has 0 aliphatic carbocycles. The van der Waals surface area contributed by atoms with E-state index in [0.29, 0.717) is 5.19 Å². The van der Waals surface area contributed by atoms with Crippen molar-refractivity contribution >= 4 is 33.1 Å². The first-order valence-electron chi connectivity index (χ1n) is 4.41. The van der Waals surface area contributed by atoms with Crippen molar-refractivity contribution in [1.29, 1.82) is 0 Å². The Hall–Kier alpha value is -1.62. The van der Waals surface area contributed by atoms with Crippen LogP contribution >= 0.6 is 11.3 Å². The molecule has 1 N–H and O–H groups in total. The van der Waals surface area contributed by atoms with Gasteiger partial charge in [0.25, 0.3) is 5.19 Å². The van der Waals surface area contributed by atoms with Gasteiger partial charge in [-0.25, -0.2) is 4.98 Å². The molecule has 78 valence electrons. The first-order valence-corrected chi connectivity index (χ1v) is 5.23. The molecule has 0 saturated carbocycles. The maximum Gasteiger partial charge on any atom is 0.274 e. The third-order valence-corrected chi connectivity index (χ3v) is 2.84. The largest absolute Gasteiger partial charge is 0.473 e. The Bertz CT molecular complexity index is 507. The summed E-state index contributed by atoms with van der Waals surface area (Å²) >= 11 is 1.45. The van der Waals surface area contributed by atoms with Crippen LogP contribution in [0, 0.1) is 0 Å². The van der Waals surface area contributed by atoms with E-state index in [1.807, 2.05) is 18.2 Å². The predicted octanol–water partition coefficient (Wildman–Crippen LogP) is 2.26. The van der Waals surface area contributed by atoms with Crippen LogP contribution in [0.15, 0.2) is 18.2 Å². The van der Waals surface area contributed by atoms with Crippen LogP contribution in [0.2, 0.25) is 0 Å². The molecule has 1 heterocycles. The molecule has 0 radical (unpaired) electrons. The molecule has 0 aliphatic rings. The van der Waals surface area contributed by atoms with E-state index in [1.54, 1.807) is 7.11 Å². The van der Waals surface area contributed by atoms with Crippen molar-refractivity contribution in [3.8, 4) is 5.19 Å². The highest BCUT2D eigenvalue weighted by Gasteiger charge is 2.04. The number of thiazole rings is 1. The van der Waals surface area contributed by atoms with E-state index in [1.165, 1.54) is 18.3 Å². The van der Waals surface area contributed by atoms with E-state index in [-0.39, 0.29) is 5.91 Å². The number of benzene rings is 1. The molecule has 0 bridgehead atoms. The first-order chi connectivity index (χ1) is 7.19. The Morgan fingerprint density at radius 1 is 1.53 bits per heavy atom. The lowest BCUT2D eigenvalue weighted by Crippen LogP contribution is -2.05. The van der Waals surface area contributed by atoms with Crippen molar-refractivity contribution in [1.82, 2.24) is 4.98 Å². The average Bonchev–Trinajstić information content (AvgIpc) is 2.58. The molecule has 0 unspecified atom stereocenters. The SMILES string of the molecule is COc1nc2ccc(NC(C)=O)cc2s1. The standard InChI is InChI=1S/C10H10N2O2S/c1-6(13)11-7-3-4-8-9(5-7)15-10(12-8)14-2/h3-5H,1-2H3,(H,11,13). The van der Waals surface area contributed by atoms with Crippen LogP contribution in [0.1, 0.15) is 6.92 Å². The summed E-state index contributed by atoms with van der Waals surface area (Å²) in [5.41, 5.74) is 1.66. The molecule has 4 nitrogen and oxygen atoms in total. The molecule has 5 heteroatoms. The molecule has 2 aromatic rings. The number of ether oxygens (including phenoxy) is 1. The Morgan fingerprint density at radius 3 is 3.00 bits per heavy atom. The smallest absolute Gasteiger partial charge is 0.274 e. The highest BCUT2D eigenvalue weighted by atomic mass is 32.1. The molecule has 1 aromatic heterocycles. The number of anilines is 1. The second-order valence-electron chi connectivity index (χ2n) is 3.05. The fourth-order valence-corrected chi connectivity index (χ4v) is 2.09. The zero-order valence-electron chi connectivity index (χ0n) is 8.40.